The van der Waals surface area contributed by atoms with E-state index in [1.807, 2.05) is 55.5 Å². The van der Waals surface area contributed by atoms with Gasteiger partial charge in [-0.1, -0.05) is 41.4 Å². The van der Waals surface area contributed by atoms with Crippen LogP contribution in [0.3, 0.4) is 0 Å². The van der Waals surface area contributed by atoms with E-state index in [0.29, 0.717) is 10.8 Å². The number of rotatable bonds is 4. The van der Waals surface area contributed by atoms with E-state index in [9.17, 15) is 4.79 Å². The van der Waals surface area contributed by atoms with Crippen molar-refractivity contribution in [1.29, 1.82) is 0 Å². The molecule has 0 saturated carbocycles. The maximum atomic E-state index is 12.0. The molecule has 0 saturated heterocycles. The number of thioether (sulfide) groups is 1. The van der Waals surface area contributed by atoms with Crippen LogP contribution in [-0.2, 0) is 0 Å². The molecule has 1 nitrogen and oxygen atoms in total. The zero-order chi connectivity index (χ0) is 13.0. The Bertz CT molecular complexity index is 566. The quantitative estimate of drug-likeness (QED) is 0.598. The Morgan fingerprint density at radius 1 is 1.17 bits per heavy atom. The summed E-state index contributed by atoms with van der Waals surface area (Å²) in [4.78, 5) is 13.0. The smallest absolute Gasteiger partial charge is 0.173 e. The Morgan fingerprint density at radius 2 is 1.94 bits per heavy atom. The minimum atomic E-state index is 0.142. The fourth-order valence-electron chi connectivity index (χ4n) is 1.61. The molecule has 0 radical (unpaired) electrons. The number of halogens is 1. The van der Waals surface area contributed by atoms with Gasteiger partial charge < -0.3 is 0 Å². The molecule has 0 unspecified atom stereocenters. The molecule has 0 aliphatic carbocycles. The van der Waals surface area contributed by atoms with Gasteiger partial charge in [-0.25, -0.2) is 0 Å². The summed E-state index contributed by atoms with van der Waals surface area (Å²) in [6.07, 6.45) is 0. The van der Waals surface area contributed by atoms with Crippen molar-refractivity contribution in [3.8, 4) is 0 Å². The maximum Gasteiger partial charge on any atom is 0.173 e. The van der Waals surface area contributed by atoms with Crippen LogP contribution in [0.4, 0.5) is 0 Å². The van der Waals surface area contributed by atoms with Crippen molar-refractivity contribution in [1.82, 2.24) is 0 Å². The lowest BCUT2D eigenvalue weighted by Gasteiger charge is -2.03. The molecule has 3 heteroatoms. The number of hydrogen-bond acceptors (Lipinski definition) is 2. The summed E-state index contributed by atoms with van der Waals surface area (Å²) < 4.78 is 0. The van der Waals surface area contributed by atoms with E-state index < -0.39 is 0 Å². The van der Waals surface area contributed by atoms with Gasteiger partial charge in [0.2, 0.25) is 0 Å². The molecule has 18 heavy (non-hydrogen) atoms. The van der Waals surface area contributed by atoms with Crippen LogP contribution in [-0.4, -0.2) is 11.5 Å². The SMILES string of the molecule is Cc1cccc(C(=O)CSc2cccc(Cl)c2)c1. The third-order valence-corrected chi connectivity index (χ3v) is 3.73. The zero-order valence-corrected chi connectivity index (χ0v) is 11.6. The number of carbonyl (C=O) groups excluding carboxylic acids is 1. The highest BCUT2D eigenvalue weighted by molar-refractivity contribution is 8.00. The van der Waals surface area contributed by atoms with Crippen LogP contribution in [0.2, 0.25) is 5.02 Å². The van der Waals surface area contributed by atoms with E-state index in [4.69, 9.17) is 11.6 Å². The van der Waals surface area contributed by atoms with Crippen LogP contribution >= 0.6 is 23.4 Å². The fraction of sp³-hybridized carbons (Fsp3) is 0.133. The van der Waals surface area contributed by atoms with Gasteiger partial charge >= 0.3 is 0 Å². The Hall–Kier alpha value is -1.25. The van der Waals surface area contributed by atoms with E-state index >= 15 is 0 Å². The predicted octanol–water partition coefficient (Wildman–Crippen LogP) is 4.62. The lowest BCUT2D eigenvalue weighted by molar-refractivity contribution is 0.102. The number of aryl methyl sites for hydroxylation is 1. The van der Waals surface area contributed by atoms with Crippen molar-refractivity contribution in [2.75, 3.05) is 5.75 Å². The second kappa shape index (κ2) is 6.07. The largest absolute Gasteiger partial charge is 0.293 e. The average molecular weight is 277 g/mol. The average Bonchev–Trinajstić information content (AvgIpc) is 2.36. The lowest BCUT2D eigenvalue weighted by Crippen LogP contribution is -2.02. The van der Waals surface area contributed by atoms with E-state index in [-0.39, 0.29) is 5.78 Å². The van der Waals surface area contributed by atoms with Gasteiger partial charge in [0.25, 0.3) is 0 Å². The van der Waals surface area contributed by atoms with E-state index in [2.05, 4.69) is 0 Å². The summed E-state index contributed by atoms with van der Waals surface area (Å²) in [5.41, 5.74) is 1.87. The van der Waals surface area contributed by atoms with Gasteiger partial charge in [-0.2, -0.15) is 0 Å². The van der Waals surface area contributed by atoms with Crippen LogP contribution in [0.25, 0.3) is 0 Å². The second-order valence-corrected chi connectivity index (χ2v) is 5.52. The first kappa shape index (κ1) is 13.2. The van der Waals surface area contributed by atoms with Gasteiger partial charge in [-0.15, -0.1) is 11.8 Å². The van der Waals surface area contributed by atoms with E-state index in [0.717, 1.165) is 16.0 Å². The summed E-state index contributed by atoms with van der Waals surface area (Å²) >= 11 is 7.41. The summed E-state index contributed by atoms with van der Waals surface area (Å²) in [6, 6.07) is 15.2. The standard InChI is InChI=1S/C15H13ClOS/c1-11-4-2-5-12(8-11)15(17)10-18-14-7-3-6-13(16)9-14/h2-9H,10H2,1H3. The number of benzene rings is 2. The van der Waals surface area contributed by atoms with Crippen molar-refractivity contribution in [3.63, 3.8) is 0 Å². The van der Waals surface area contributed by atoms with Crippen molar-refractivity contribution >= 4 is 29.1 Å². The Labute approximate surface area is 116 Å². The highest BCUT2D eigenvalue weighted by atomic mass is 35.5. The minimum Gasteiger partial charge on any atom is -0.293 e. The molecular formula is C15H13ClOS. The monoisotopic (exact) mass is 276 g/mol. The molecule has 0 fully saturated rings. The molecule has 0 spiro atoms. The number of carbonyl (C=O) groups is 1. The van der Waals surface area contributed by atoms with Gasteiger partial charge in [0.15, 0.2) is 5.78 Å². The first-order valence-electron chi connectivity index (χ1n) is 5.63. The normalized spacial score (nSPS) is 10.3. The molecule has 0 bridgehead atoms. The topological polar surface area (TPSA) is 17.1 Å². The van der Waals surface area contributed by atoms with Crippen molar-refractivity contribution in [2.24, 2.45) is 0 Å². The molecule has 2 aromatic rings. The summed E-state index contributed by atoms with van der Waals surface area (Å²) in [5, 5.41) is 0.697. The highest BCUT2D eigenvalue weighted by Gasteiger charge is 2.06. The van der Waals surface area contributed by atoms with Gasteiger partial charge in [0.1, 0.15) is 0 Å². The molecule has 0 heterocycles. The minimum absolute atomic E-state index is 0.142. The Kier molecular flexibility index (Phi) is 4.45. The summed E-state index contributed by atoms with van der Waals surface area (Å²) in [7, 11) is 0. The molecule has 0 aromatic heterocycles. The molecule has 0 N–H and O–H groups in total. The summed E-state index contributed by atoms with van der Waals surface area (Å²) in [6.45, 7) is 1.99. The molecule has 92 valence electrons. The van der Waals surface area contributed by atoms with E-state index in [1.165, 1.54) is 11.8 Å². The molecule has 0 atom stereocenters. The highest BCUT2D eigenvalue weighted by Crippen LogP contribution is 2.22. The molecule has 0 aliphatic rings. The van der Waals surface area contributed by atoms with Gasteiger partial charge in [0, 0.05) is 15.5 Å². The number of ketones is 1. The van der Waals surface area contributed by atoms with Crippen molar-refractivity contribution < 1.29 is 4.79 Å². The third-order valence-electron chi connectivity index (χ3n) is 2.51. The van der Waals surface area contributed by atoms with Crippen LogP contribution in [0.15, 0.2) is 53.4 Å². The predicted molar refractivity (Wildman–Crippen MR) is 77.7 cm³/mol. The Balaban J connectivity index is 2.00. The number of hydrogen-bond donors (Lipinski definition) is 0. The fourth-order valence-corrected chi connectivity index (χ4v) is 2.71. The molecule has 0 aliphatic heterocycles. The van der Waals surface area contributed by atoms with Crippen LogP contribution < -0.4 is 0 Å². The van der Waals surface area contributed by atoms with Gasteiger partial charge in [-0.3, -0.25) is 4.79 Å². The lowest BCUT2D eigenvalue weighted by atomic mass is 10.1. The molecular weight excluding hydrogens is 264 g/mol. The zero-order valence-electron chi connectivity index (χ0n) is 10.0. The number of Topliss-reactive ketones (excluding diaryl/α,β-unsaturated/α-hetero) is 1. The van der Waals surface area contributed by atoms with Gasteiger partial charge in [0.05, 0.1) is 5.75 Å². The first-order valence-corrected chi connectivity index (χ1v) is 7.00. The van der Waals surface area contributed by atoms with Crippen LogP contribution in [0.1, 0.15) is 15.9 Å². The molecule has 2 aromatic carbocycles. The van der Waals surface area contributed by atoms with Gasteiger partial charge in [-0.05, 0) is 31.2 Å². The molecule has 0 amide bonds. The summed E-state index contributed by atoms with van der Waals surface area (Å²) in [5.74, 6) is 0.577. The first-order chi connectivity index (χ1) is 8.65. The third kappa shape index (κ3) is 3.62. The van der Waals surface area contributed by atoms with Crippen molar-refractivity contribution in [2.45, 2.75) is 11.8 Å². The Morgan fingerprint density at radius 3 is 2.67 bits per heavy atom. The molecule has 2 rings (SSSR count). The maximum absolute atomic E-state index is 12.0. The van der Waals surface area contributed by atoms with E-state index in [1.54, 1.807) is 0 Å². The van der Waals surface area contributed by atoms with Crippen molar-refractivity contribution in [3.05, 3.63) is 64.7 Å². The van der Waals surface area contributed by atoms with Crippen LogP contribution in [0.5, 0.6) is 0 Å². The van der Waals surface area contributed by atoms with Crippen LogP contribution in [0, 0.1) is 6.92 Å². The second-order valence-electron chi connectivity index (χ2n) is 4.04.